The van der Waals surface area contributed by atoms with Crippen LogP contribution in [0.15, 0.2) is 0 Å². The van der Waals surface area contributed by atoms with Crippen LogP contribution < -0.4 is 10.6 Å². The lowest BCUT2D eigenvalue weighted by Crippen LogP contribution is -2.46. The molecule has 128 valence electrons. The van der Waals surface area contributed by atoms with Crippen LogP contribution >= 0.6 is 0 Å². The maximum absolute atomic E-state index is 11.9. The van der Waals surface area contributed by atoms with Gasteiger partial charge in [0.1, 0.15) is 5.60 Å². The molecule has 2 aliphatic rings. The highest BCUT2D eigenvalue weighted by molar-refractivity contribution is 5.68. The zero-order chi connectivity index (χ0) is 16.0. The molecule has 0 aromatic rings. The van der Waals surface area contributed by atoms with Gasteiger partial charge in [-0.25, -0.2) is 4.79 Å². The molecule has 1 heterocycles. The number of ether oxygens (including phenoxy) is 2. The predicted octanol–water partition coefficient (Wildman–Crippen LogP) is 2.98. The summed E-state index contributed by atoms with van der Waals surface area (Å²) < 4.78 is 11.0. The summed E-state index contributed by atoms with van der Waals surface area (Å²) in [5, 5.41) is 6.64. The van der Waals surface area contributed by atoms with Crippen molar-refractivity contribution < 1.29 is 14.3 Å². The minimum atomic E-state index is -0.433. The highest BCUT2D eigenvalue weighted by Crippen LogP contribution is 2.20. The third-order valence-corrected chi connectivity index (χ3v) is 4.32. The van der Waals surface area contributed by atoms with Crippen molar-refractivity contribution in [3.05, 3.63) is 0 Å². The fraction of sp³-hybridized carbons (Fsp3) is 0.941. The summed E-state index contributed by atoms with van der Waals surface area (Å²) in [4.78, 5) is 11.9. The van der Waals surface area contributed by atoms with E-state index in [9.17, 15) is 4.79 Å². The van der Waals surface area contributed by atoms with Gasteiger partial charge in [0, 0.05) is 18.7 Å². The fourth-order valence-electron chi connectivity index (χ4n) is 3.30. The van der Waals surface area contributed by atoms with Gasteiger partial charge in [-0.2, -0.15) is 0 Å². The molecule has 0 aromatic heterocycles. The molecule has 5 nitrogen and oxygen atoms in total. The second kappa shape index (κ2) is 8.16. The lowest BCUT2D eigenvalue weighted by atomic mass is 9.91. The number of nitrogens with one attached hydrogen (secondary N) is 2. The molecular weight excluding hydrogens is 280 g/mol. The molecule has 1 saturated carbocycles. The van der Waals surface area contributed by atoms with Crippen LogP contribution in [0.5, 0.6) is 0 Å². The van der Waals surface area contributed by atoms with E-state index in [1.54, 1.807) is 0 Å². The molecule has 2 fully saturated rings. The Kier molecular flexibility index (Phi) is 6.50. The molecule has 5 heteroatoms. The van der Waals surface area contributed by atoms with Crippen molar-refractivity contribution in [3.63, 3.8) is 0 Å². The van der Waals surface area contributed by atoms with Crippen molar-refractivity contribution in [2.75, 3.05) is 13.2 Å². The van der Waals surface area contributed by atoms with Crippen molar-refractivity contribution >= 4 is 6.09 Å². The first-order valence-corrected chi connectivity index (χ1v) is 8.77. The molecular formula is C17H32N2O3. The quantitative estimate of drug-likeness (QED) is 0.819. The van der Waals surface area contributed by atoms with Crippen LogP contribution in [0.2, 0.25) is 0 Å². The van der Waals surface area contributed by atoms with E-state index in [1.807, 2.05) is 20.8 Å². The molecule has 22 heavy (non-hydrogen) atoms. The van der Waals surface area contributed by atoms with Crippen LogP contribution in [0.1, 0.15) is 65.7 Å². The predicted molar refractivity (Wildman–Crippen MR) is 87.0 cm³/mol. The number of amides is 1. The molecule has 2 N–H and O–H groups in total. The minimum absolute atomic E-state index is 0.226. The number of hydrogen-bond acceptors (Lipinski definition) is 4. The lowest BCUT2D eigenvalue weighted by molar-refractivity contribution is 0.0488. The molecule has 1 aliphatic carbocycles. The Hall–Kier alpha value is -0.810. The van der Waals surface area contributed by atoms with E-state index < -0.39 is 5.60 Å². The number of alkyl carbamates (subject to hydrolysis) is 1. The van der Waals surface area contributed by atoms with Gasteiger partial charge >= 0.3 is 6.09 Å². The number of carbonyl (C=O) groups excluding carboxylic acids is 1. The van der Waals surface area contributed by atoms with Crippen LogP contribution in [0.4, 0.5) is 4.79 Å². The molecule has 1 aliphatic heterocycles. The summed E-state index contributed by atoms with van der Waals surface area (Å²) in [5.74, 6) is 0. The van der Waals surface area contributed by atoms with Gasteiger partial charge in [0.15, 0.2) is 0 Å². The molecule has 0 aromatic carbocycles. The summed E-state index contributed by atoms with van der Waals surface area (Å²) in [6.07, 6.45) is 8.04. The third kappa shape index (κ3) is 6.53. The van der Waals surface area contributed by atoms with E-state index in [2.05, 4.69) is 10.6 Å². The molecule has 0 bridgehead atoms. The second-order valence-corrected chi connectivity index (χ2v) is 7.58. The van der Waals surface area contributed by atoms with Crippen molar-refractivity contribution in [1.82, 2.24) is 10.6 Å². The van der Waals surface area contributed by atoms with E-state index in [0.29, 0.717) is 12.1 Å². The first-order valence-electron chi connectivity index (χ1n) is 8.77. The summed E-state index contributed by atoms with van der Waals surface area (Å²) in [6.45, 7) is 7.61. The van der Waals surface area contributed by atoms with Crippen LogP contribution in [-0.2, 0) is 9.47 Å². The second-order valence-electron chi connectivity index (χ2n) is 7.58. The fourth-order valence-corrected chi connectivity index (χ4v) is 3.30. The highest BCUT2D eigenvalue weighted by Gasteiger charge is 2.25. The van der Waals surface area contributed by atoms with E-state index >= 15 is 0 Å². The monoisotopic (exact) mass is 312 g/mol. The Bertz CT molecular complexity index is 348. The van der Waals surface area contributed by atoms with Gasteiger partial charge in [0.25, 0.3) is 0 Å². The van der Waals surface area contributed by atoms with Gasteiger partial charge < -0.3 is 20.1 Å². The molecule has 3 atom stereocenters. The number of rotatable bonds is 5. The Morgan fingerprint density at radius 3 is 2.64 bits per heavy atom. The first kappa shape index (κ1) is 17.5. The molecule has 1 amide bonds. The summed E-state index contributed by atoms with van der Waals surface area (Å²) in [6, 6.07) is 0.721. The summed E-state index contributed by atoms with van der Waals surface area (Å²) in [5.41, 5.74) is -0.433. The first-order chi connectivity index (χ1) is 10.4. The minimum Gasteiger partial charge on any atom is -0.444 e. The number of hydrogen-bond donors (Lipinski definition) is 2. The third-order valence-electron chi connectivity index (χ3n) is 4.32. The Balaban J connectivity index is 1.64. The van der Waals surface area contributed by atoms with Gasteiger partial charge in [-0.3, -0.25) is 0 Å². The topological polar surface area (TPSA) is 59.6 Å². The van der Waals surface area contributed by atoms with Crippen LogP contribution in [-0.4, -0.2) is 43.0 Å². The Morgan fingerprint density at radius 1 is 1.18 bits per heavy atom. The van der Waals surface area contributed by atoms with E-state index in [0.717, 1.165) is 38.8 Å². The smallest absolute Gasteiger partial charge is 0.407 e. The average molecular weight is 312 g/mol. The summed E-state index contributed by atoms with van der Waals surface area (Å²) >= 11 is 0. The van der Waals surface area contributed by atoms with Gasteiger partial charge in [-0.05, 0) is 72.3 Å². The van der Waals surface area contributed by atoms with Crippen LogP contribution in [0, 0.1) is 0 Å². The average Bonchev–Trinajstić information content (AvgIpc) is 2.90. The molecule has 3 unspecified atom stereocenters. The van der Waals surface area contributed by atoms with Gasteiger partial charge in [0.05, 0.1) is 6.10 Å². The van der Waals surface area contributed by atoms with Gasteiger partial charge in [-0.15, -0.1) is 0 Å². The largest absolute Gasteiger partial charge is 0.444 e. The zero-order valence-electron chi connectivity index (χ0n) is 14.3. The zero-order valence-corrected chi connectivity index (χ0v) is 14.3. The van der Waals surface area contributed by atoms with Crippen molar-refractivity contribution in [2.24, 2.45) is 0 Å². The Morgan fingerprint density at radius 2 is 1.95 bits per heavy atom. The molecule has 2 rings (SSSR count). The lowest BCUT2D eigenvalue weighted by Gasteiger charge is -2.31. The van der Waals surface area contributed by atoms with E-state index in [1.165, 1.54) is 19.3 Å². The van der Waals surface area contributed by atoms with Crippen molar-refractivity contribution in [3.8, 4) is 0 Å². The standard InChI is InChI=1S/C17H32N2O3/c1-17(2,3)22-16(20)19-14-7-4-6-13(12-14)18-10-9-15-8-5-11-21-15/h13-15,18H,4-12H2,1-3H3,(H,19,20). The van der Waals surface area contributed by atoms with E-state index in [4.69, 9.17) is 9.47 Å². The maximum atomic E-state index is 11.9. The van der Waals surface area contributed by atoms with Crippen molar-refractivity contribution in [2.45, 2.75) is 89.5 Å². The van der Waals surface area contributed by atoms with Gasteiger partial charge in [0.2, 0.25) is 0 Å². The molecule has 0 spiro atoms. The van der Waals surface area contributed by atoms with Gasteiger partial charge in [-0.1, -0.05) is 0 Å². The molecule has 0 radical (unpaired) electrons. The number of carbonyl (C=O) groups is 1. The normalized spacial score (nSPS) is 29.3. The van der Waals surface area contributed by atoms with Crippen LogP contribution in [0.25, 0.3) is 0 Å². The van der Waals surface area contributed by atoms with Crippen LogP contribution in [0.3, 0.4) is 0 Å². The molecule has 1 saturated heterocycles. The SMILES string of the molecule is CC(C)(C)OC(=O)NC1CCCC(NCCC2CCCO2)C1. The summed E-state index contributed by atoms with van der Waals surface area (Å²) in [7, 11) is 0. The highest BCUT2D eigenvalue weighted by atomic mass is 16.6. The maximum Gasteiger partial charge on any atom is 0.407 e. The Labute approximate surface area is 134 Å². The van der Waals surface area contributed by atoms with Crippen molar-refractivity contribution in [1.29, 1.82) is 0 Å². The van der Waals surface area contributed by atoms with E-state index in [-0.39, 0.29) is 12.1 Å².